The van der Waals surface area contributed by atoms with Crippen LogP contribution in [0.15, 0.2) is 72.0 Å². The number of carbonyl (C=O) groups excluding carboxylic acids is 2. The number of ketones is 1. The summed E-state index contributed by atoms with van der Waals surface area (Å²) in [6.07, 6.45) is 5.53. The van der Waals surface area contributed by atoms with Gasteiger partial charge < -0.3 is 10.1 Å². The number of benzene rings is 2. The number of fused-ring (bicyclic) bond motifs is 1. The molecule has 0 bridgehead atoms. The summed E-state index contributed by atoms with van der Waals surface area (Å²) in [5.41, 5.74) is 3.79. The highest BCUT2D eigenvalue weighted by atomic mass is 32.2. The Labute approximate surface area is 202 Å². The van der Waals surface area contributed by atoms with Gasteiger partial charge in [0.2, 0.25) is 5.91 Å². The third kappa shape index (κ3) is 5.63. The van der Waals surface area contributed by atoms with Crippen LogP contribution in [0, 0.1) is 0 Å². The van der Waals surface area contributed by atoms with Gasteiger partial charge in [0, 0.05) is 29.2 Å². The van der Waals surface area contributed by atoms with Crippen molar-refractivity contribution in [2.75, 3.05) is 17.7 Å². The summed E-state index contributed by atoms with van der Waals surface area (Å²) in [5.74, 6) is 0.830. The second-order valence-corrected chi connectivity index (χ2v) is 8.72. The van der Waals surface area contributed by atoms with Gasteiger partial charge in [0.25, 0.3) is 0 Å². The maximum absolute atomic E-state index is 12.5. The standard InChI is InChI=1S/C26H26N4O3S/c1-3-4-15-33-24-8-6-5-7-21(24)22-16-23-26(27-13-14-30(23)29-22)34-17-25(32)28-20-11-9-19(10-12-20)18(2)31/h5-14,16H,3-4,15,17H2,1-2H3,(H,28,32). The number of thioether (sulfide) groups is 1. The number of rotatable bonds is 10. The van der Waals surface area contributed by atoms with E-state index in [0.717, 1.165) is 35.4 Å². The lowest BCUT2D eigenvalue weighted by atomic mass is 10.1. The molecule has 0 aliphatic heterocycles. The van der Waals surface area contributed by atoms with Crippen LogP contribution in [0.4, 0.5) is 5.69 Å². The van der Waals surface area contributed by atoms with Gasteiger partial charge in [-0.3, -0.25) is 9.59 Å². The molecular formula is C26H26N4O3S. The molecule has 0 aliphatic rings. The fourth-order valence-electron chi connectivity index (χ4n) is 3.39. The maximum Gasteiger partial charge on any atom is 0.234 e. The molecular weight excluding hydrogens is 448 g/mol. The van der Waals surface area contributed by atoms with Crippen LogP contribution < -0.4 is 10.1 Å². The SMILES string of the molecule is CCCCOc1ccccc1-c1cc2c(SCC(=O)Nc3ccc(C(C)=O)cc3)nccn2n1. The minimum absolute atomic E-state index is 0.0112. The van der Waals surface area contributed by atoms with Gasteiger partial charge in [0.15, 0.2) is 5.78 Å². The Hall–Kier alpha value is -3.65. The molecule has 1 amide bonds. The predicted octanol–water partition coefficient (Wildman–Crippen LogP) is 5.51. The number of Topliss-reactive ketones (excluding diaryl/α,β-unsaturated/α-hetero) is 1. The monoisotopic (exact) mass is 474 g/mol. The van der Waals surface area contributed by atoms with Crippen molar-refractivity contribution < 1.29 is 14.3 Å². The fourth-order valence-corrected chi connectivity index (χ4v) is 4.17. The summed E-state index contributed by atoms with van der Waals surface area (Å²) in [6.45, 7) is 4.31. The van der Waals surface area contributed by atoms with Crippen LogP contribution >= 0.6 is 11.8 Å². The van der Waals surface area contributed by atoms with Gasteiger partial charge in [-0.1, -0.05) is 37.2 Å². The smallest absolute Gasteiger partial charge is 0.234 e. The van der Waals surface area contributed by atoms with Crippen molar-refractivity contribution in [2.24, 2.45) is 0 Å². The molecule has 174 valence electrons. The largest absolute Gasteiger partial charge is 0.493 e. The number of amides is 1. The number of aromatic nitrogens is 3. The number of para-hydroxylation sites is 1. The van der Waals surface area contributed by atoms with Crippen molar-refractivity contribution in [1.82, 2.24) is 14.6 Å². The zero-order valence-corrected chi connectivity index (χ0v) is 20.0. The van der Waals surface area contributed by atoms with E-state index in [1.165, 1.54) is 18.7 Å². The second-order valence-electron chi connectivity index (χ2n) is 7.76. The van der Waals surface area contributed by atoms with E-state index in [1.54, 1.807) is 41.2 Å². The lowest BCUT2D eigenvalue weighted by molar-refractivity contribution is -0.113. The van der Waals surface area contributed by atoms with Crippen LogP contribution in [0.5, 0.6) is 5.75 Å². The van der Waals surface area contributed by atoms with Crippen molar-refractivity contribution in [3.63, 3.8) is 0 Å². The Bertz CT molecular complexity index is 1300. The molecule has 2 heterocycles. The molecule has 0 aliphatic carbocycles. The van der Waals surface area contributed by atoms with Crippen LogP contribution in [0.3, 0.4) is 0 Å². The second kappa shape index (κ2) is 11.0. The number of nitrogens with one attached hydrogen (secondary N) is 1. The molecule has 34 heavy (non-hydrogen) atoms. The van der Waals surface area contributed by atoms with Crippen LogP contribution in [0.25, 0.3) is 16.8 Å². The van der Waals surface area contributed by atoms with Gasteiger partial charge in [-0.15, -0.1) is 0 Å². The first kappa shape index (κ1) is 23.5. The molecule has 0 saturated carbocycles. The number of anilines is 1. The molecule has 0 saturated heterocycles. The van der Waals surface area contributed by atoms with E-state index in [4.69, 9.17) is 9.84 Å². The molecule has 2 aromatic carbocycles. The summed E-state index contributed by atoms with van der Waals surface area (Å²) in [4.78, 5) is 28.3. The lowest BCUT2D eigenvalue weighted by Crippen LogP contribution is -2.14. The van der Waals surface area contributed by atoms with Crippen molar-refractivity contribution in [1.29, 1.82) is 0 Å². The highest BCUT2D eigenvalue weighted by Crippen LogP contribution is 2.32. The molecule has 0 fully saturated rings. The Balaban J connectivity index is 1.47. The van der Waals surface area contributed by atoms with Gasteiger partial charge in [0.05, 0.1) is 23.6 Å². The van der Waals surface area contributed by atoms with E-state index in [-0.39, 0.29) is 17.4 Å². The molecule has 1 N–H and O–H groups in total. The molecule has 0 unspecified atom stereocenters. The number of nitrogens with zero attached hydrogens (tertiary/aromatic N) is 3. The Morgan fingerprint density at radius 1 is 1.12 bits per heavy atom. The highest BCUT2D eigenvalue weighted by Gasteiger charge is 2.14. The topological polar surface area (TPSA) is 85.6 Å². The van der Waals surface area contributed by atoms with Gasteiger partial charge in [-0.2, -0.15) is 5.10 Å². The molecule has 7 nitrogen and oxygen atoms in total. The van der Waals surface area contributed by atoms with E-state index in [1.807, 2.05) is 30.3 Å². The minimum atomic E-state index is -0.154. The van der Waals surface area contributed by atoms with Crippen molar-refractivity contribution in [3.05, 3.63) is 72.6 Å². The molecule has 0 radical (unpaired) electrons. The van der Waals surface area contributed by atoms with Crippen LogP contribution in [-0.4, -0.2) is 38.6 Å². The molecule has 0 atom stereocenters. The van der Waals surface area contributed by atoms with Crippen molar-refractivity contribution in [2.45, 2.75) is 31.7 Å². The van der Waals surface area contributed by atoms with Gasteiger partial charge in [-0.25, -0.2) is 9.50 Å². The highest BCUT2D eigenvalue weighted by molar-refractivity contribution is 8.00. The lowest BCUT2D eigenvalue weighted by Gasteiger charge is -2.09. The summed E-state index contributed by atoms with van der Waals surface area (Å²) in [7, 11) is 0. The third-order valence-electron chi connectivity index (χ3n) is 5.19. The Morgan fingerprint density at radius 2 is 1.91 bits per heavy atom. The summed E-state index contributed by atoms with van der Waals surface area (Å²) in [6, 6.07) is 16.7. The van der Waals surface area contributed by atoms with E-state index < -0.39 is 0 Å². The summed E-state index contributed by atoms with van der Waals surface area (Å²) >= 11 is 1.35. The molecule has 2 aromatic heterocycles. The number of hydrogen-bond donors (Lipinski definition) is 1. The fraction of sp³-hybridized carbons (Fsp3) is 0.231. The molecule has 8 heteroatoms. The van der Waals surface area contributed by atoms with E-state index in [0.29, 0.717) is 22.9 Å². The quantitative estimate of drug-likeness (QED) is 0.185. The van der Waals surface area contributed by atoms with Crippen LogP contribution in [0.2, 0.25) is 0 Å². The number of unbranched alkanes of at least 4 members (excludes halogenated alkanes) is 1. The van der Waals surface area contributed by atoms with Crippen molar-refractivity contribution in [3.8, 4) is 17.0 Å². The average Bonchev–Trinajstić information content (AvgIpc) is 3.28. The van der Waals surface area contributed by atoms with Gasteiger partial charge in [-0.05, 0) is 55.8 Å². The first-order valence-electron chi connectivity index (χ1n) is 11.2. The molecule has 4 aromatic rings. The first-order valence-corrected chi connectivity index (χ1v) is 12.1. The van der Waals surface area contributed by atoms with E-state index in [2.05, 4.69) is 17.2 Å². The van der Waals surface area contributed by atoms with Crippen LogP contribution in [-0.2, 0) is 4.79 Å². The zero-order valence-electron chi connectivity index (χ0n) is 19.2. The van der Waals surface area contributed by atoms with E-state index in [9.17, 15) is 9.59 Å². The zero-order chi connectivity index (χ0) is 23.9. The predicted molar refractivity (Wildman–Crippen MR) is 135 cm³/mol. The third-order valence-corrected chi connectivity index (χ3v) is 6.18. The van der Waals surface area contributed by atoms with Gasteiger partial charge in [0.1, 0.15) is 10.8 Å². The number of ether oxygens (including phenoxy) is 1. The maximum atomic E-state index is 12.5. The first-order chi connectivity index (χ1) is 16.5. The molecule has 4 rings (SSSR count). The average molecular weight is 475 g/mol. The van der Waals surface area contributed by atoms with Crippen LogP contribution in [0.1, 0.15) is 37.0 Å². The Kier molecular flexibility index (Phi) is 7.59. The number of carbonyl (C=O) groups is 2. The number of hydrogen-bond acceptors (Lipinski definition) is 6. The summed E-state index contributed by atoms with van der Waals surface area (Å²) in [5, 5.41) is 8.27. The molecule has 0 spiro atoms. The van der Waals surface area contributed by atoms with Gasteiger partial charge >= 0.3 is 0 Å². The van der Waals surface area contributed by atoms with E-state index >= 15 is 0 Å². The Morgan fingerprint density at radius 3 is 2.68 bits per heavy atom. The van der Waals surface area contributed by atoms with Crippen molar-refractivity contribution >= 4 is 34.7 Å². The summed E-state index contributed by atoms with van der Waals surface area (Å²) < 4.78 is 7.74. The normalized spacial score (nSPS) is 10.9. The minimum Gasteiger partial charge on any atom is -0.493 e.